The first-order valence-corrected chi connectivity index (χ1v) is 5.47. The van der Waals surface area contributed by atoms with Crippen molar-refractivity contribution in [3.63, 3.8) is 0 Å². The van der Waals surface area contributed by atoms with E-state index in [1.807, 2.05) is 24.3 Å². The molecule has 0 fully saturated rings. The molecule has 0 radical (unpaired) electrons. The van der Waals surface area contributed by atoms with Crippen molar-refractivity contribution in [2.45, 2.75) is 12.7 Å². The fourth-order valence-electron chi connectivity index (χ4n) is 1.65. The summed E-state index contributed by atoms with van der Waals surface area (Å²) in [5.74, 6) is 0.672. The first-order chi connectivity index (χ1) is 8.24. The Morgan fingerprint density at radius 3 is 2.94 bits per heavy atom. The Bertz CT molecular complexity index is 495. The molecule has 0 aliphatic heterocycles. The number of benzene rings is 1. The number of aliphatic hydroxyl groups is 2. The number of fused-ring (bicyclic) bond motifs is 1. The van der Waals surface area contributed by atoms with Crippen molar-refractivity contribution in [1.82, 2.24) is 4.98 Å². The van der Waals surface area contributed by atoms with E-state index in [2.05, 4.69) is 4.98 Å². The maximum absolute atomic E-state index is 9.34. The van der Waals surface area contributed by atoms with Gasteiger partial charge in [0.1, 0.15) is 18.5 Å². The average Bonchev–Trinajstić information content (AvgIpc) is 2.79. The summed E-state index contributed by atoms with van der Waals surface area (Å²) in [7, 11) is 0. The number of nitrogens with one attached hydrogen (secondary N) is 1. The Kier molecular flexibility index (Phi) is 3.63. The second kappa shape index (κ2) is 5.18. The summed E-state index contributed by atoms with van der Waals surface area (Å²) in [5, 5.41) is 19.3. The Labute approximate surface area is 98.8 Å². The Morgan fingerprint density at radius 2 is 2.24 bits per heavy atom. The zero-order valence-corrected chi connectivity index (χ0v) is 9.39. The van der Waals surface area contributed by atoms with Gasteiger partial charge in [-0.1, -0.05) is 6.07 Å². The molecule has 2 rings (SSSR count). The molecule has 1 heterocycles. The SMILES string of the molecule is NCC(O)COc1cccc2[nH]c(CO)cc12. The van der Waals surface area contributed by atoms with Crippen LogP contribution < -0.4 is 10.5 Å². The van der Waals surface area contributed by atoms with Crippen molar-refractivity contribution in [3.05, 3.63) is 30.0 Å². The molecule has 1 unspecified atom stereocenters. The van der Waals surface area contributed by atoms with Crippen LogP contribution in [0.25, 0.3) is 10.9 Å². The minimum Gasteiger partial charge on any atom is -0.490 e. The first kappa shape index (κ1) is 11.9. The van der Waals surface area contributed by atoms with E-state index in [1.165, 1.54) is 0 Å². The molecule has 1 atom stereocenters. The van der Waals surface area contributed by atoms with Crippen LogP contribution in [0.2, 0.25) is 0 Å². The van der Waals surface area contributed by atoms with Gasteiger partial charge >= 0.3 is 0 Å². The molecule has 92 valence electrons. The Balaban J connectivity index is 2.24. The van der Waals surface area contributed by atoms with Crippen molar-refractivity contribution in [2.24, 2.45) is 5.73 Å². The molecule has 2 aromatic rings. The highest BCUT2D eigenvalue weighted by molar-refractivity contribution is 5.86. The van der Waals surface area contributed by atoms with E-state index in [-0.39, 0.29) is 19.8 Å². The smallest absolute Gasteiger partial charge is 0.128 e. The lowest BCUT2D eigenvalue weighted by molar-refractivity contribution is 0.115. The number of aromatic amines is 1. The lowest BCUT2D eigenvalue weighted by Gasteiger charge is -2.10. The summed E-state index contributed by atoms with van der Waals surface area (Å²) >= 11 is 0. The van der Waals surface area contributed by atoms with E-state index in [9.17, 15) is 5.11 Å². The highest BCUT2D eigenvalue weighted by Crippen LogP contribution is 2.26. The third kappa shape index (κ3) is 2.58. The van der Waals surface area contributed by atoms with Crippen molar-refractivity contribution in [2.75, 3.05) is 13.2 Å². The molecule has 0 saturated heterocycles. The largest absolute Gasteiger partial charge is 0.490 e. The third-order valence-electron chi connectivity index (χ3n) is 2.55. The number of aromatic nitrogens is 1. The van der Waals surface area contributed by atoms with E-state index in [4.69, 9.17) is 15.6 Å². The van der Waals surface area contributed by atoms with Gasteiger partial charge < -0.3 is 25.7 Å². The van der Waals surface area contributed by atoms with Gasteiger partial charge in [-0.15, -0.1) is 0 Å². The molecule has 1 aromatic heterocycles. The molecule has 0 amide bonds. The van der Waals surface area contributed by atoms with Gasteiger partial charge in [0.15, 0.2) is 0 Å². The van der Waals surface area contributed by atoms with Crippen molar-refractivity contribution in [3.8, 4) is 5.75 Å². The molecule has 5 heteroatoms. The molecule has 17 heavy (non-hydrogen) atoms. The molecule has 0 aliphatic carbocycles. The summed E-state index contributed by atoms with van der Waals surface area (Å²) in [4.78, 5) is 3.07. The summed E-state index contributed by atoms with van der Waals surface area (Å²) < 4.78 is 5.50. The number of hydrogen-bond donors (Lipinski definition) is 4. The van der Waals surface area contributed by atoms with Gasteiger partial charge in [-0.05, 0) is 18.2 Å². The predicted molar refractivity (Wildman–Crippen MR) is 64.8 cm³/mol. The lowest BCUT2D eigenvalue weighted by atomic mass is 10.2. The minimum atomic E-state index is -0.665. The van der Waals surface area contributed by atoms with Gasteiger partial charge in [-0.25, -0.2) is 0 Å². The van der Waals surface area contributed by atoms with Gasteiger partial charge in [-0.2, -0.15) is 0 Å². The van der Waals surface area contributed by atoms with E-state index in [1.54, 1.807) is 0 Å². The number of ether oxygens (including phenoxy) is 1. The fourth-order valence-corrected chi connectivity index (χ4v) is 1.65. The topological polar surface area (TPSA) is 91.5 Å². The second-order valence-electron chi connectivity index (χ2n) is 3.87. The van der Waals surface area contributed by atoms with Gasteiger partial charge in [0.2, 0.25) is 0 Å². The van der Waals surface area contributed by atoms with Crippen molar-refractivity contribution < 1.29 is 14.9 Å². The van der Waals surface area contributed by atoms with E-state index in [0.29, 0.717) is 5.75 Å². The second-order valence-corrected chi connectivity index (χ2v) is 3.87. The maximum Gasteiger partial charge on any atom is 0.128 e. The highest BCUT2D eigenvalue weighted by atomic mass is 16.5. The van der Waals surface area contributed by atoms with Gasteiger partial charge in [0.25, 0.3) is 0 Å². The molecule has 0 bridgehead atoms. The zero-order valence-electron chi connectivity index (χ0n) is 9.39. The van der Waals surface area contributed by atoms with Crippen LogP contribution in [0.5, 0.6) is 5.75 Å². The molecule has 1 aromatic carbocycles. The van der Waals surface area contributed by atoms with Crippen LogP contribution >= 0.6 is 0 Å². The predicted octanol–water partition coefficient (Wildman–Crippen LogP) is 0.359. The summed E-state index contributed by atoms with van der Waals surface area (Å²) in [6, 6.07) is 7.41. The Morgan fingerprint density at radius 1 is 1.41 bits per heavy atom. The number of nitrogens with two attached hydrogens (primary N) is 1. The highest BCUT2D eigenvalue weighted by Gasteiger charge is 2.08. The van der Waals surface area contributed by atoms with Crippen LogP contribution in [-0.2, 0) is 6.61 Å². The standard InChI is InChI=1S/C12H16N2O3/c13-5-9(16)7-17-12-3-1-2-11-10(12)4-8(6-15)14-11/h1-4,9,14-16H,5-7,13H2. The molecular weight excluding hydrogens is 220 g/mol. The number of H-pyrrole nitrogens is 1. The molecular formula is C12H16N2O3. The van der Waals surface area contributed by atoms with Crippen LogP contribution in [0.4, 0.5) is 0 Å². The maximum atomic E-state index is 9.34. The first-order valence-electron chi connectivity index (χ1n) is 5.47. The molecule has 0 aliphatic rings. The quantitative estimate of drug-likeness (QED) is 0.603. The monoisotopic (exact) mass is 236 g/mol. The van der Waals surface area contributed by atoms with Gasteiger partial charge in [0, 0.05) is 23.1 Å². The number of hydrogen-bond acceptors (Lipinski definition) is 4. The number of aliphatic hydroxyl groups excluding tert-OH is 2. The fraction of sp³-hybridized carbons (Fsp3) is 0.333. The molecule has 5 N–H and O–H groups in total. The van der Waals surface area contributed by atoms with Gasteiger partial charge in [0.05, 0.1) is 6.61 Å². The van der Waals surface area contributed by atoms with Crippen LogP contribution in [0.3, 0.4) is 0 Å². The molecule has 0 spiro atoms. The van der Waals surface area contributed by atoms with Crippen LogP contribution in [-0.4, -0.2) is 34.5 Å². The molecule has 0 saturated carbocycles. The van der Waals surface area contributed by atoms with Crippen molar-refractivity contribution >= 4 is 10.9 Å². The third-order valence-corrected chi connectivity index (χ3v) is 2.55. The van der Waals surface area contributed by atoms with Crippen LogP contribution in [0.1, 0.15) is 5.69 Å². The minimum absolute atomic E-state index is 0.0421. The van der Waals surface area contributed by atoms with Crippen molar-refractivity contribution in [1.29, 1.82) is 0 Å². The van der Waals surface area contributed by atoms with E-state index < -0.39 is 6.10 Å². The average molecular weight is 236 g/mol. The van der Waals surface area contributed by atoms with E-state index in [0.717, 1.165) is 16.6 Å². The van der Waals surface area contributed by atoms with Crippen LogP contribution in [0.15, 0.2) is 24.3 Å². The summed E-state index contributed by atoms with van der Waals surface area (Å²) in [5.41, 5.74) is 6.93. The van der Waals surface area contributed by atoms with Crippen LogP contribution in [0, 0.1) is 0 Å². The number of rotatable bonds is 5. The normalized spacial score (nSPS) is 12.9. The summed E-state index contributed by atoms with van der Waals surface area (Å²) in [6.07, 6.45) is -0.665. The summed E-state index contributed by atoms with van der Waals surface area (Å²) in [6.45, 7) is 0.291. The zero-order chi connectivity index (χ0) is 12.3. The van der Waals surface area contributed by atoms with E-state index >= 15 is 0 Å². The van der Waals surface area contributed by atoms with Gasteiger partial charge in [-0.3, -0.25) is 0 Å². The lowest BCUT2D eigenvalue weighted by Crippen LogP contribution is -2.26. The Hall–Kier alpha value is -1.56. The molecule has 5 nitrogen and oxygen atoms in total.